The molecule has 8 heteroatoms. The molecule has 0 amide bonds. The summed E-state index contributed by atoms with van der Waals surface area (Å²) in [5.74, 6) is -1.99. The molecule has 0 aromatic heterocycles. The summed E-state index contributed by atoms with van der Waals surface area (Å²) < 4.78 is 14.1. The van der Waals surface area contributed by atoms with Crippen LogP contribution in [0.25, 0.3) is 0 Å². The van der Waals surface area contributed by atoms with Crippen LogP contribution in [-0.4, -0.2) is 40.7 Å². The molecule has 0 aliphatic rings. The third kappa shape index (κ3) is 5.06. The Morgan fingerprint density at radius 2 is 2.09 bits per heavy atom. The molecule has 1 aromatic carbocycles. The molecule has 120 valence electrons. The summed E-state index contributed by atoms with van der Waals surface area (Å²) in [5.41, 5.74) is 0.0530. The molecule has 0 aliphatic heterocycles. The SMILES string of the molecule is CCN(CC(=O)Cc1c(F)ccc(Cl)c1Br)N=C(C)C(=O)O. The van der Waals surface area contributed by atoms with Crippen molar-refractivity contribution in [3.05, 3.63) is 33.0 Å². The van der Waals surface area contributed by atoms with Crippen LogP contribution in [-0.2, 0) is 16.0 Å². The number of halogens is 3. The summed E-state index contributed by atoms with van der Waals surface area (Å²) in [6, 6.07) is 2.59. The zero-order chi connectivity index (χ0) is 16.9. The van der Waals surface area contributed by atoms with E-state index in [1.807, 2.05) is 0 Å². The molecule has 0 aliphatic carbocycles. The van der Waals surface area contributed by atoms with Gasteiger partial charge in [-0.2, -0.15) is 5.10 Å². The Bertz CT molecular complexity index is 622. The molecule has 1 aromatic rings. The highest BCUT2D eigenvalue weighted by molar-refractivity contribution is 9.10. The fourth-order valence-corrected chi connectivity index (χ4v) is 2.30. The summed E-state index contributed by atoms with van der Waals surface area (Å²) in [7, 11) is 0. The zero-order valence-corrected chi connectivity index (χ0v) is 14.4. The van der Waals surface area contributed by atoms with Crippen molar-refractivity contribution < 1.29 is 19.1 Å². The molecule has 0 bridgehead atoms. The van der Waals surface area contributed by atoms with Crippen LogP contribution in [0.5, 0.6) is 0 Å². The van der Waals surface area contributed by atoms with Crippen LogP contribution in [0, 0.1) is 5.82 Å². The number of Topliss-reactive ketones (excluding diaryl/α,β-unsaturated/α-hetero) is 1. The third-order valence-corrected chi connectivity index (χ3v) is 4.29. The standard InChI is InChI=1S/C14H15BrClFN2O3/c1-3-19(18-8(2)14(21)22)7-9(20)6-10-12(17)5-4-11(16)13(10)15/h4-5H,3,6-7H2,1-2H3,(H,21,22). The molecule has 0 radical (unpaired) electrons. The summed E-state index contributed by atoms with van der Waals surface area (Å²) in [6.07, 6.45) is -0.162. The topological polar surface area (TPSA) is 70.0 Å². The Hall–Kier alpha value is -1.47. The number of hydrogen-bond acceptors (Lipinski definition) is 4. The monoisotopic (exact) mass is 392 g/mol. The number of carboxylic acids is 1. The molecule has 5 nitrogen and oxygen atoms in total. The number of hydrazone groups is 1. The normalized spacial score (nSPS) is 11.4. The molecule has 0 saturated heterocycles. The number of carbonyl (C=O) groups excluding carboxylic acids is 1. The number of rotatable bonds is 7. The van der Waals surface area contributed by atoms with Gasteiger partial charge in [0.15, 0.2) is 5.78 Å². The number of ketones is 1. The van der Waals surface area contributed by atoms with Crippen LogP contribution in [0.1, 0.15) is 19.4 Å². The van der Waals surface area contributed by atoms with Gasteiger partial charge >= 0.3 is 5.97 Å². The molecule has 1 rings (SSSR count). The quantitative estimate of drug-likeness (QED) is 0.439. The second-order valence-electron chi connectivity index (χ2n) is 4.51. The average Bonchev–Trinajstić information content (AvgIpc) is 2.46. The van der Waals surface area contributed by atoms with Gasteiger partial charge in [-0.1, -0.05) is 11.6 Å². The number of hydrogen-bond donors (Lipinski definition) is 1. The van der Waals surface area contributed by atoms with E-state index >= 15 is 0 Å². The van der Waals surface area contributed by atoms with Crippen molar-refractivity contribution in [1.82, 2.24) is 5.01 Å². The predicted molar refractivity (Wildman–Crippen MR) is 85.8 cm³/mol. The van der Waals surface area contributed by atoms with E-state index < -0.39 is 11.8 Å². The van der Waals surface area contributed by atoms with Gasteiger partial charge in [0.2, 0.25) is 0 Å². The van der Waals surface area contributed by atoms with E-state index in [4.69, 9.17) is 16.7 Å². The van der Waals surface area contributed by atoms with Gasteiger partial charge in [0.1, 0.15) is 11.5 Å². The van der Waals surface area contributed by atoms with Gasteiger partial charge in [-0.15, -0.1) is 0 Å². The summed E-state index contributed by atoms with van der Waals surface area (Å²) in [5, 5.41) is 14.3. The number of likely N-dealkylation sites (N-methyl/N-ethyl adjacent to an activating group) is 1. The Labute approximate surface area is 140 Å². The molecule has 0 fully saturated rings. The maximum Gasteiger partial charge on any atom is 0.351 e. The van der Waals surface area contributed by atoms with Gasteiger partial charge in [0, 0.05) is 23.0 Å². The number of carbonyl (C=O) groups is 2. The Kier molecular flexibility index (Phi) is 6.96. The van der Waals surface area contributed by atoms with Crippen molar-refractivity contribution in [2.45, 2.75) is 20.3 Å². The Balaban J connectivity index is 2.84. The third-order valence-electron chi connectivity index (χ3n) is 2.84. The molecule has 22 heavy (non-hydrogen) atoms. The van der Waals surface area contributed by atoms with Crippen LogP contribution in [0.3, 0.4) is 0 Å². The van der Waals surface area contributed by atoms with E-state index in [-0.39, 0.29) is 30.0 Å². The maximum atomic E-state index is 13.8. The number of carboxylic acid groups (broad SMARTS) is 1. The minimum atomic E-state index is -1.16. The first-order chi connectivity index (χ1) is 10.3. The average molecular weight is 394 g/mol. The molecule has 1 N–H and O–H groups in total. The highest BCUT2D eigenvalue weighted by atomic mass is 79.9. The first-order valence-electron chi connectivity index (χ1n) is 6.43. The van der Waals surface area contributed by atoms with E-state index in [1.165, 1.54) is 24.1 Å². The van der Waals surface area contributed by atoms with Crippen molar-refractivity contribution >= 4 is 45.0 Å². The van der Waals surface area contributed by atoms with Crippen molar-refractivity contribution in [1.29, 1.82) is 0 Å². The van der Waals surface area contributed by atoms with Crippen LogP contribution < -0.4 is 0 Å². The minimum Gasteiger partial charge on any atom is -0.477 e. The van der Waals surface area contributed by atoms with Crippen molar-refractivity contribution in [3.8, 4) is 0 Å². The molecule has 0 spiro atoms. The molecule has 0 saturated carbocycles. The number of benzene rings is 1. The summed E-state index contributed by atoms with van der Waals surface area (Å²) in [4.78, 5) is 22.8. The van der Waals surface area contributed by atoms with Gasteiger partial charge in [0.05, 0.1) is 11.6 Å². The van der Waals surface area contributed by atoms with Crippen molar-refractivity contribution in [3.63, 3.8) is 0 Å². The van der Waals surface area contributed by atoms with E-state index in [2.05, 4.69) is 21.0 Å². The fraction of sp³-hybridized carbons (Fsp3) is 0.357. The highest BCUT2D eigenvalue weighted by Crippen LogP contribution is 2.28. The lowest BCUT2D eigenvalue weighted by molar-refractivity contribution is -0.129. The second kappa shape index (κ2) is 8.24. The molecule has 0 heterocycles. The summed E-state index contributed by atoms with van der Waals surface area (Å²) in [6.45, 7) is 3.32. The van der Waals surface area contributed by atoms with Gasteiger partial charge in [0.25, 0.3) is 0 Å². The van der Waals surface area contributed by atoms with Crippen molar-refractivity contribution in [2.75, 3.05) is 13.1 Å². The first kappa shape index (κ1) is 18.6. The largest absolute Gasteiger partial charge is 0.477 e. The number of nitrogens with zero attached hydrogens (tertiary/aromatic N) is 2. The number of aliphatic carboxylic acids is 1. The molecular formula is C14H15BrClFN2O3. The molecule has 0 unspecified atom stereocenters. The zero-order valence-electron chi connectivity index (χ0n) is 12.1. The lowest BCUT2D eigenvalue weighted by Crippen LogP contribution is -2.28. The predicted octanol–water partition coefficient (Wildman–Crippen LogP) is 3.14. The van der Waals surface area contributed by atoms with E-state index in [0.29, 0.717) is 16.0 Å². The van der Waals surface area contributed by atoms with Gasteiger partial charge in [-0.3, -0.25) is 9.80 Å². The fourth-order valence-electron chi connectivity index (χ4n) is 1.66. The van der Waals surface area contributed by atoms with Crippen LogP contribution in [0.2, 0.25) is 5.02 Å². The van der Waals surface area contributed by atoms with Gasteiger partial charge in [-0.25, -0.2) is 9.18 Å². The van der Waals surface area contributed by atoms with Crippen molar-refractivity contribution in [2.24, 2.45) is 5.10 Å². The van der Waals surface area contributed by atoms with E-state index in [0.717, 1.165) is 0 Å². The van der Waals surface area contributed by atoms with E-state index in [1.54, 1.807) is 6.92 Å². The van der Waals surface area contributed by atoms with Gasteiger partial charge in [-0.05, 0) is 41.9 Å². The maximum absolute atomic E-state index is 13.8. The van der Waals surface area contributed by atoms with Crippen LogP contribution in [0.15, 0.2) is 21.7 Å². The van der Waals surface area contributed by atoms with Gasteiger partial charge < -0.3 is 5.11 Å². The molecule has 0 atom stereocenters. The second-order valence-corrected chi connectivity index (χ2v) is 5.71. The van der Waals surface area contributed by atoms with E-state index in [9.17, 15) is 14.0 Å². The Morgan fingerprint density at radius 1 is 1.45 bits per heavy atom. The highest BCUT2D eigenvalue weighted by Gasteiger charge is 2.16. The minimum absolute atomic E-state index is 0.112. The Morgan fingerprint density at radius 3 is 2.64 bits per heavy atom. The lowest BCUT2D eigenvalue weighted by Gasteiger charge is -2.17. The molecular weight excluding hydrogens is 379 g/mol. The van der Waals surface area contributed by atoms with Crippen LogP contribution >= 0.6 is 27.5 Å². The van der Waals surface area contributed by atoms with Crippen LogP contribution in [0.4, 0.5) is 4.39 Å². The first-order valence-corrected chi connectivity index (χ1v) is 7.60. The summed E-state index contributed by atoms with van der Waals surface area (Å²) >= 11 is 9.04. The smallest absolute Gasteiger partial charge is 0.351 e. The lowest BCUT2D eigenvalue weighted by atomic mass is 10.1.